The lowest BCUT2D eigenvalue weighted by Crippen LogP contribution is -2.22. The summed E-state index contributed by atoms with van der Waals surface area (Å²) in [6.45, 7) is 4.51. The number of rotatable bonds is 2. The summed E-state index contributed by atoms with van der Waals surface area (Å²) in [6.07, 6.45) is 6.45. The van der Waals surface area contributed by atoms with Gasteiger partial charge in [0.25, 0.3) is 5.56 Å². The third-order valence-electron chi connectivity index (χ3n) is 5.25. The number of hydrogen-bond acceptors (Lipinski definition) is 6. The van der Waals surface area contributed by atoms with E-state index in [2.05, 4.69) is 14.9 Å². The first-order chi connectivity index (χ1) is 12.7. The van der Waals surface area contributed by atoms with Crippen LogP contribution in [0.2, 0.25) is 0 Å². The standard InChI is InChI=1S/C18H21N5O3/c24-14-10-13-15(26-9-4-19-13)11-12(14)20-16-17(21-5-1-2-6-21)22-7-3-8-23(22)18(16)25/h10-11,24H,1-9H2. The molecular weight excluding hydrogens is 334 g/mol. The maximum atomic E-state index is 12.9. The van der Waals surface area contributed by atoms with Crippen molar-refractivity contribution in [1.29, 1.82) is 0 Å². The quantitative estimate of drug-likeness (QED) is 0.816. The maximum absolute atomic E-state index is 12.9. The zero-order valence-corrected chi connectivity index (χ0v) is 14.5. The Bertz CT molecular complexity index is 941. The summed E-state index contributed by atoms with van der Waals surface area (Å²) in [5.41, 5.74) is 1.30. The van der Waals surface area contributed by atoms with Crippen molar-refractivity contribution in [2.45, 2.75) is 32.4 Å². The average Bonchev–Trinajstić information content (AvgIpc) is 3.36. The molecule has 1 N–H and O–H groups in total. The van der Waals surface area contributed by atoms with Crippen molar-refractivity contribution in [3.05, 3.63) is 34.0 Å². The number of aliphatic imine (C=N–C) groups is 2. The summed E-state index contributed by atoms with van der Waals surface area (Å²) in [7, 11) is 0. The van der Waals surface area contributed by atoms with Gasteiger partial charge in [0.05, 0.1) is 6.54 Å². The molecule has 8 heteroatoms. The Kier molecular flexibility index (Phi) is 3.51. The molecule has 1 saturated heterocycles. The molecule has 1 aromatic heterocycles. The van der Waals surface area contributed by atoms with Crippen molar-refractivity contribution in [2.75, 3.05) is 31.1 Å². The fraction of sp³-hybridized carbons (Fsp3) is 0.500. The summed E-state index contributed by atoms with van der Waals surface area (Å²) in [4.78, 5) is 24.1. The summed E-state index contributed by atoms with van der Waals surface area (Å²) in [6, 6.07) is 0. The Balaban J connectivity index is 1.64. The summed E-state index contributed by atoms with van der Waals surface area (Å²) < 4.78 is 9.44. The van der Waals surface area contributed by atoms with Crippen LogP contribution in [0, 0.1) is 0 Å². The second-order valence-electron chi connectivity index (χ2n) is 6.92. The van der Waals surface area contributed by atoms with E-state index in [-0.39, 0.29) is 11.3 Å². The Morgan fingerprint density at radius 2 is 1.88 bits per heavy atom. The minimum Gasteiger partial charge on any atom is -0.506 e. The molecule has 0 unspecified atom stereocenters. The predicted octanol–water partition coefficient (Wildman–Crippen LogP) is 1.54. The van der Waals surface area contributed by atoms with Crippen LogP contribution in [-0.4, -0.2) is 52.1 Å². The van der Waals surface area contributed by atoms with Gasteiger partial charge < -0.3 is 14.7 Å². The van der Waals surface area contributed by atoms with Crippen LogP contribution >= 0.6 is 0 Å². The van der Waals surface area contributed by atoms with Crippen LogP contribution in [0.15, 0.2) is 38.4 Å². The van der Waals surface area contributed by atoms with Gasteiger partial charge in [0.1, 0.15) is 29.5 Å². The molecule has 0 spiro atoms. The van der Waals surface area contributed by atoms with Crippen molar-refractivity contribution < 1.29 is 9.84 Å². The van der Waals surface area contributed by atoms with Crippen LogP contribution in [0.5, 0.6) is 0 Å². The topological polar surface area (TPSA) is 84.3 Å². The SMILES string of the molecule is O=c1c(N=C2C=C3OCCN=C3C=C2O)c(N2CCCC2)n2n1CCC2. The minimum atomic E-state index is -0.0906. The van der Waals surface area contributed by atoms with Crippen molar-refractivity contribution in [2.24, 2.45) is 9.98 Å². The molecule has 0 atom stereocenters. The van der Waals surface area contributed by atoms with Crippen molar-refractivity contribution >= 4 is 22.9 Å². The highest BCUT2D eigenvalue weighted by Crippen LogP contribution is 2.32. The lowest BCUT2D eigenvalue weighted by Gasteiger charge is -2.20. The van der Waals surface area contributed by atoms with Gasteiger partial charge in [0.15, 0.2) is 11.5 Å². The first-order valence-electron chi connectivity index (χ1n) is 9.20. The molecule has 0 bridgehead atoms. The number of anilines is 1. The summed E-state index contributed by atoms with van der Waals surface area (Å²) in [5, 5.41) is 10.4. The lowest BCUT2D eigenvalue weighted by atomic mass is 10.1. The van der Waals surface area contributed by atoms with E-state index in [0.717, 1.165) is 44.7 Å². The van der Waals surface area contributed by atoms with Gasteiger partial charge >= 0.3 is 0 Å². The van der Waals surface area contributed by atoms with Gasteiger partial charge in [-0.25, -0.2) is 9.67 Å². The molecule has 0 radical (unpaired) electrons. The van der Waals surface area contributed by atoms with Crippen LogP contribution < -0.4 is 10.5 Å². The molecule has 1 fully saturated rings. The molecule has 0 aromatic carbocycles. The van der Waals surface area contributed by atoms with Crippen molar-refractivity contribution in [3.63, 3.8) is 0 Å². The number of fused-ring (bicyclic) bond motifs is 2. The Morgan fingerprint density at radius 1 is 1.08 bits per heavy atom. The highest BCUT2D eigenvalue weighted by molar-refractivity contribution is 6.22. The highest BCUT2D eigenvalue weighted by Gasteiger charge is 2.29. The number of allylic oxidation sites excluding steroid dienone is 2. The molecule has 5 rings (SSSR count). The molecule has 8 nitrogen and oxygen atoms in total. The molecule has 26 heavy (non-hydrogen) atoms. The van der Waals surface area contributed by atoms with Gasteiger partial charge in [-0.15, -0.1) is 0 Å². The lowest BCUT2D eigenvalue weighted by molar-refractivity contribution is 0.232. The molecule has 136 valence electrons. The fourth-order valence-electron chi connectivity index (χ4n) is 4.04. The number of aliphatic hydroxyl groups excluding tert-OH is 1. The molecular formula is C18H21N5O3. The predicted molar refractivity (Wildman–Crippen MR) is 98.9 cm³/mol. The first kappa shape index (κ1) is 15.5. The van der Waals surface area contributed by atoms with E-state index in [1.807, 2.05) is 4.68 Å². The van der Waals surface area contributed by atoms with Gasteiger partial charge in [-0.2, -0.15) is 0 Å². The fourth-order valence-corrected chi connectivity index (χ4v) is 4.04. The molecule has 3 aliphatic heterocycles. The third kappa shape index (κ3) is 2.32. The summed E-state index contributed by atoms with van der Waals surface area (Å²) in [5.74, 6) is 1.50. The molecule has 0 saturated carbocycles. The van der Waals surface area contributed by atoms with Crippen LogP contribution in [0.25, 0.3) is 0 Å². The second kappa shape index (κ2) is 5.89. The Morgan fingerprint density at radius 3 is 2.73 bits per heavy atom. The van der Waals surface area contributed by atoms with E-state index in [1.165, 1.54) is 0 Å². The van der Waals surface area contributed by atoms with Crippen LogP contribution in [0.3, 0.4) is 0 Å². The van der Waals surface area contributed by atoms with E-state index >= 15 is 0 Å². The zero-order valence-electron chi connectivity index (χ0n) is 14.5. The Labute approximate surface area is 150 Å². The second-order valence-corrected chi connectivity index (χ2v) is 6.92. The van der Waals surface area contributed by atoms with E-state index < -0.39 is 0 Å². The molecule has 1 aliphatic carbocycles. The van der Waals surface area contributed by atoms with E-state index in [1.54, 1.807) is 16.8 Å². The van der Waals surface area contributed by atoms with Crippen molar-refractivity contribution in [1.82, 2.24) is 9.36 Å². The molecule has 4 aliphatic rings. The van der Waals surface area contributed by atoms with Gasteiger partial charge in [-0.3, -0.25) is 14.5 Å². The Hall–Kier alpha value is -2.77. The number of aromatic nitrogens is 2. The number of aliphatic hydroxyl groups is 1. The van der Waals surface area contributed by atoms with Gasteiger partial charge in [0.2, 0.25) is 0 Å². The maximum Gasteiger partial charge on any atom is 0.294 e. The monoisotopic (exact) mass is 355 g/mol. The van der Waals surface area contributed by atoms with E-state index in [0.29, 0.717) is 42.6 Å². The van der Waals surface area contributed by atoms with Crippen LogP contribution in [-0.2, 0) is 17.8 Å². The smallest absolute Gasteiger partial charge is 0.294 e. The minimum absolute atomic E-state index is 0.0149. The molecule has 1 aromatic rings. The van der Waals surface area contributed by atoms with Crippen molar-refractivity contribution in [3.8, 4) is 0 Å². The number of ether oxygens (including phenoxy) is 1. The van der Waals surface area contributed by atoms with E-state index in [9.17, 15) is 9.90 Å². The normalized spacial score (nSPS) is 23.3. The van der Waals surface area contributed by atoms with Gasteiger partial charge in [0, 0.05) is 38.3 Å². The largest absolute Gasteiger partial charge is 0.506 e. The third-order valence-corrected chi connectivity index (χ3v) is 5.25. The van der Waals surface area contributed by atoms with Gasteiger partial charge in [-0.05, 0) is 19.3 Å². The highest BCUT2D eigenvalue weighted by atomic mass is 16.5. The zero-order chi connectivity index (χ0) is 17.7. The average molecular weight is 355 g/mol. The van der Waals surface area contributed by atoms with Crippen LogP contribution in [0.4, 0.5) is 11.5 Å². The van der Waals surface area contributed by atoms with Gasteiger partial charge in [-0.1, -0.05) is 0 Å². The number of hydrogen-bond donors (Lipinski definition) is 1. The molecule has 4 heterocycles. The summed E-state index contributed by atoms with van der Waals surface area (Å²) >= 11 is 0. The number of nitrogens with zero attached hydrogens (tertiary/aromatic N) is 5. The van der Waals surface area contributed by atoms with Crippen LogP contribution in [0.1, 0.15) is 19.3 Å². The first-order valence-corrected chi connectivity index (χ1v) is 9.20. The molecule has 0 amide bonds. The van der Waals surface area contributed by atoms with E-state index in [4.69, 9.17) is 4.74 Å².